The molecule has 1 atom stereocenters. The van der Waals surface area contributed by atoms with E-state index >= 15 is 0 Å². The maximum Gasteiger partial charge on any atom is 0.265 e. The molecule has 3 rings (SSSR count). The Hall–Kier alpha value is -0.610. The summed E-state index contributed by atoms with van der Waals surface area (Å²) < 4.78 is 29.9. The van der Waals surface area contributed by atoms with E-state index in [9.17, 15) is 8.42 Å². The third kappa shape index (κ3) is 3.37. The molecule has 0 bridgehead atoms. The van der Waals surface area contributed by atoms with Crippen LogP contribution in [0.2, 0.25) is 0 Å². The summed E-state index contributed by atoms with van der Waals surface area (Å²) in [6.07, 6.45) is 0.715. The van der Waals surface area contributed by atoms with Crippen LogP contribution in [0.5, 0.6) is 0 Å². The van der Waals surface area contributed by atoms with Crippen molar-refractivity contribution in [1.29, 1.82) is 0 Å². The van der Waals surface area contributed by atoms with Crippen molar-refractivity contribution in [2.75, 3.05) is 0 Å². The van der Waals surface area contributed by atoms with Crippen molar-refractivity contribution in [2.24, 2.45) is 0 Å². The van der Waals surface area contributed by atoms with Gasteiger partial charge in [0.05, 0.1) is 10.9 Å². The van der Waals surface area contributed by atoms with Gasteiger partial charge in [-0.3, -0.25) is 4.31 Å². The molecule has 0 fully saturated rings. The lowest BCUT2D eigenvalue weighted by atomic mass is 10.0. The van der Waals surface area contributed by atoms with Crippen LogP contribution in [0.4, 0.5) is 0 Å². The van der Waals surface area contributed by atoms with Crippen LogP contribution < -0.4 is 0 Å². The molecular weight excluding hydrogens is 548 g/mol. The molecule has 6 heteroatoms. The molecule has 0 aliphatic carbocycles. The number of benzene rings is 2. The van der Waals surface area contributed by atoms with Crippen molar-refractivity contribution >= 4 is 55.2 Å². The molecule has 1 heterocycles. The zero-order valence-corrected chi connectivity index (χ0v) is 18.5. The smallest absolute Gasteiger partial charge is 0.252 e. The van der Waals surface area contributed by atoms with E-state index in [0.717, 1.165) is 18.4 Å². The first-order chi connectivity index (χ1) is 11.3. The van der Waals surface area contributed by atoms with Crippen LogP contribution in [0, 0.1) is 13.8 Å². The summed E-state index contributed by atoms with van der Waals surface area (Å²) >= 11 is 4.40. The summed E-state index contributed by atoms with van der Waals surface area (Å²) in [5, 5.41) is 0. The quantitative estimate of drug-likeness (QED) is 0.366. The van der Waals surface area contributed by atoms with E-state index in [0.29, 0.717) is 11.3 Å². The summed E-state index contributed by atoms with van der Waals surface area (Å²) in [5.41, 5.74) is 3.24. The maximum atomic E-state index is 13.2. The number of rotatable bonds is 3. The van der Waals surface area contributed by atoms with Gasteiger partial charge < -0.3 is 0 Å². The minimum Gasteiger partial charge on any atom is -0.252 e. The molecule has 2 aromatic rings. The zero-order chi connectivity index (χ0) is 17.5. The predicted molar refractivity (Wildman–Crippen MR) is 114 cm³/mol. The number of hydrogen-bond acceptors (Lipinski definition) is 2. The van der Waals surface area contributed by atoms with E-state index in [1.165, 1.54) is 5.56 Å². The Morgan fingerprint density at radius 3 is 1.96 bits per heavy atom. The lowest BCUT2D eigenvalue weighted by Gasteiger charge is -2.27. The lowest BCUT2D eigenvalue weighted by Crippen LogP contribution is -2.29. The molecule has 1 aliphatic heterocycles. The number of nitrogens with zero attached hydrogens (tertiary/aromatic N) is 1. The van der Waals surface area contributed by atoms with E-state index in [-0.39, 0.29) is 6.04 Å². The molecule has 1 aliphatic rings. The van der Waals surface area contributed by atoms with Crippen molar-refractivity contribution in [1.82, 2.24) is 4.31 Å². The van der Waals surface area contributed by atoms with Gasteiger partial charge >= 0.3 is 0 Å². The standard InChI is InChI=1S/C18H17I2NO2S/c1-12-3-7-14(8-4-12)17-11-16(19)18(20)21(17)24(22,23)15-9-5-13(2)6-10-15/h3-10,17H,11H2,1-2H3. The van der Waals surface area contributed by atoms with E-state index in [4.69, 9.17) is 0 Å². The van der Waals surface area contributed by atoms with Crippen LogP contribution in [0.3, 0.4) is 0 Å². The fraction of sp³-hybridized carbons (Fsp3) is 0.222. The van der Waals surface area contributed by atoms with Crippen molar-refractivity contribution < 1.29 is 8.42 Å². The first kappa shape index (κ1) is 18.2. The minimum atomic E-state index is -3.58. The number of sulfonamides is 1. The Labute approximate surface area is 170 Å². The minimum absolute atomic E-state index is 0.185. The van der Waals surface area contributed by atoms with Crippen LogP contribution in [-0.2, 0) is 10.0 Å². The first-order valence-corrected chi connectivity index (χ1v) is 11.1. The van der Waals surface area contributed by atoms with Crippen LogP contribution in [0.1, 0.15) is 29.2 Å². The Balaban J connectivity index is 2.07. The molecule has 0 N–H and O–H groups in total. The molecule has 1 unspecified atom stereocenters. The fourth-order valence-corrected chi connectivity index (χ4v) is 6.47. The Bertz CT molecular complexity index is 888. The second kappa shape index (κ2) is 6.95. The van der Waals surface area contributed by atoms with Crippen LogP contribution in [-0.4, -0.2) is 12.7 Å². The molecule has 0 aromatic heterocycles. The highest BCUT2D eigenvalue weighted by atomic mass is 127. The van der Waals surface area contributed by atoms with Gasteiger partial charge in [0.25, 0.3) is 10.0 Å². The van der Waals surface area contributed by atoms with Gasteiger partial charge in [-0.15, -0.1) is 0 Å². The molecule has 0 spiro atoms. The Kier molecular flexibility index (Phi) is 5.27. The normalized spacial score (nSPS) is 18.3. The van der Waals surface area contributed by atoms with Gasteiger partial charge in [0.1, 0.15) is 3.70 Å². The first-order valence-electron chi connectivity index (χ1n) is 7.52. The van der Waals surface area contributed by atoms with E-state index < -0.39 is 10.0 Å². The third-order valence-electron chi connectivity index (χ3n) is 4.11. The summed E-state index contributed by atoms with van der Waals surface area (Å²) in [6, 6.07) is 15.0. The monoisotopic (exact) mass is 565 g/mol. The largest absolute Gasteiger partial charge is 0.265 e. The van der Waals surface area contributed by atoms with Gasteiger partial charge in [-0.05, 0) is 76.7 Å². The van der Waals surface area contributed by atoms with Gasteiger partial charge in [-0.25, -0.2) is 8.42 Å². The van der Waals surface area contributed by atoms with E-state index in [1.54, 1.807) is 16.4 Å². The van der Waals surface area contributed by atoms with E-state index in [1.807, 2.05) is 50.2 Å². The SMILES string of the molecule is Cc1ccc(C2CC(I)=C(I)N2S(=O)(=O)c2ccc(C)cc2)cc1. The van der Waals surface area contributed by atoms with Crippen molar-refractivity contribution in [3.8, 4) is 0 Å². The second-order valence-corrected chi connectivity index (χ2v) is 10.1. The van der Waals surface area contributed by atoms with E-state index in [2.05, 4.69) is 45.2 Å². The lowest BCUT2D eigenvalue weighted by molar-refractivity contribution is 0.431. The summed E-state index contributed by atoms with van der Waals surface area (Å²) in [4.78, 5) is 0.338. The van der Waals surface area contributed by atoms with Gasteiger partial charge in [0.2, 0.25) is 0 Å². The molecule has 0 saturated carbocycles. The summed E-state index contributed by atoms with van der Waals surface area (Å²) in [7, 11) is -3.58. The highest BCUT2D eigenvalue weighted by Gasteiger charge is 2.39. The zero-order valence-electron chi connectivity index (χ0n) is 13.3. The van der Waals surface area contributed by atoms with Crippen LogP contribution in [0.25, 0.3) is 0 Å². The van der Waals surface area contributed by atoms with Crippen molar-refractivity contribution in [2.45, 2.75) is 31.2 Å². The summed E-state index contributed by atoms with van der Waals surface area (Å²) in [5.74, 6) is 0. The molecule has 2 aromatic carbocycles. The van der Waals surface area contributed by atoms with Gasteiger partial charge in [-0.2, -0.15) is 0 Å². The predicted octanol–water partition coefficient (Wildman–Crippen LogP) is 5.48. The van der Waals surface area contributed by atoms with Crippen molar-refractivity contribution in [3.63, 3.8) is 0 Å². The molecular formula is C18H17I2NO2S. The topological polar surface area (TPSA) is 37.4 Å². The van der Waals surface area contributed by atoms with Gasteiger partial charge in [0, 0.05) is 10.0 Å². The molecule has 0 amide bonds. The number of halogens is 2. The molecule has 3 nitrogen and oxygen atoms in total. The fourth-order valence-electron chi connectivity index (χ4n) is 2.73. The van der Waals surface area contributed by atoms with Gasteiger partial charge in [-0.1, -0.05) is 47.5 Å². The maximum absolute atomic E-state index is 13.2. The molecule has 126 valence electrons. The van der Waals surface area contributed by atoms with Crippen LogP contribution >= 0.6 is 45.2 Å². The number of aryl methyl sites for hydroxylation is 2. The average molecular weight is 565 g/mol. The average Bonchev–Trinajstić information content (AvgIpc) is 2.84. The molecule has 0 saturated heterocycles. The second-order valence-electron chi connectivity index (χ2n) is 5.94. The molecule has 24 heavy (non-hydrogen) atoms. The Morgan fingerprint density at radius 1 is 0.917 bits per heavy atom. The Morgan fingerprint density at radius 2 is 1.42 bits per heavy atom. The third-order valence-corrected chi connectivity index (χ3v) is 9.42. The summed E-state index contributed by atoms with van der Waals surface area (Å²) in [6.45, 7) is 3.99. The highest BCUT2D eigenvalue weighted by molar-refractivity contribution is 14.1. The van der Waals surface area contributed by atoms with Gasteiger partial charge in [0.15, 0.2) is 0 Å². The highest BCUT2D eigenvalue weighted by Crippen LogP contribution is 2.47. The van der Waals surface area contributed by atoms with Crippen molar-refractivity contribution in [3.05, 3.63) is 72.5 Å². The molecule has 0 radical (unpaired) electrons. The van der Waals surface area contributed by atoms with Crippen LogP contribution in [0.15, 0.2) is 60.7 Å². The number of hydrogen-bond donors (Lipinski definition) is 0.